The molecule has 0 saturated heterocycles. The SMILES string of the molecule is CC/C=C\C(O)=C/CC(=O)O.Clc1cc2[nH]cnc2cc1-c1ccc(C2CC2)cc1. The van der Waals surface area contributed by atoms with Gasteiger partial charge in [0.05, 0.1) is 28.8 Å². The van der Waals surface area contributed by atoms with Crippen LogP contribution in [0.1, 0.15) is 44.1 Å². The highest BCUT2D eigenvalue weighted by Crippen LogP contribution is 2.41. The summed E-state index contributed by atoms with van der Waals surface area (Å²) in [6.45, 7) is 1.93. The summed E-state index contributed by atoms with van der Waals surface area (Å²) in [7, 11) is 0. The number of carboxylic acid groups (broad SMARTS) is 1. The van der Waals surface area contributed by atoms with E-state index >= 15 is 0 Å². The Bertz CT molecular complexity index is 1060. The van der Waals surface area contributed by atoms with Crippen molar-refractivity contribution in [3.8, 4) is 11.1 Å². The first-order valence-corrected chi connectivity index (χ1v) is 10.4. The third-order valence-corrected chi connectivity index (χ3v) is 5.10. The van der Waals surface area contributed by atoms with Crippen molar-refractivity contribution in [2.45, 2.75) is 38.5 Å². The number of fused-ring (bicyclic) bond motifs is 1. The highest BCUT2D eigenvalue weighted by atomic mass is 35.5. The van der Waals surface area contributed by atoms with Gasteiger partial charge in [0.2, 0.25) is 0 Å². The van der Waals surface area contributed by atoms with Crippen LogP contribution in [0.2, 0.25) is 5.02 Å². The van der Waals surface area contributed by atoms with E-state index in [-0.39, 0.29) is 12.2 Å². The number of hydrogen-bond donors (Lipinski definition) is 3. The summed E-state index contributed by atoms with van der Waals surface area (Å²) in [6.07, 6.45) is 9.55. The zero-order valence-electron chi connectivity index (χ0n) is 16.8. The standard InChI is InChI=1S/C16H13ClN2.C8H12O3/c17-14-8-16-15(18-9-19-16)7-13(14)12-5-3-11(4-6-12)10-1-2-10;1-2-3-4-7(9)5-6-8(10)11/h3-10H,1-2H2,(H,18,19);3-5,9H,2,6H2,1H3,(H,10,11)/b;4-3-,7-5+. The molecule has 0 radical (unpaired) electrons. The third kappa shape index (κ3) is 5.97. The van der Waals surface area contributed by atoms with Crippen LogP contribution < -0.4 is 0 Å². The zero-order chi connectivity index (χ0) is 21.5. The molecule has 1 aliphatic rings. The average molecular weight is 425 g/mol. The Labute approximate surface area is 180 Å². The summed E-state index contributed by atoms with van der Waals surface area (Å²) in [5.74, 6) is -0.144. The van der Waals surface area contributed by atoms with Gasteiger partial charge in [0.1, 0.15) is 5.76 Å². The molecule has 2 aromatic carbocycles. The molecule has 1 aromatic heterocycles. The van der Waals surface area contributed by atoms with Crippen LogP contribution in [0.4, 0.5) is 0 Å². The predicted molar refractivity (Wildman–Crippen MR) is 121 cm³/mol. The third-order valence-electron chi connectivity index (χ3n) is 4.79. The summed E-state index contributed by atoms with van der Waals surface area (Å²) in [4.78, 5) is 17.4. The number of hydrogen-bond acceptors (Lipinski definition) is 3. The molecule has 1 saturated carbocycles. The van der Waals surface area contributed by atoms with E-state index in [1.165, 1.54) is 30.6 Å². The van der Waals surface area contributed by atoms with Crippen LogP contribution in [0.5, 0.6) is 0 Å². The Morgan fingerprint density at radius 2 is 1.97 bits per heavy atom. The Morgan fingerprint density at radius 1 is 1.23 bits per heavy atom. The van der Waals surface area contributed by atoms with Crippen molar-refractivity contribution in [3.05, 3.63) is 77.3 Å². The highest BCUT2D eigenvalue weighted by Gasteiger charge is 2.23. The van der Waals surface area contributed by atoms with Crippen LogP contribution in [0, 0.1) is 0 Å². The largest absolute Gasteiger partial charge is 0.508 e. The van der Waals surface area contributed by atoms with Gasteiger partial charge in [-0.1, -0.05) is 48.9 Å². The van der Waals surface area contributed by atoms with E-state index in [9.17, 15) is 4.79 Å². The summed E-state index contributed by atoms with van der Waals surface area (Å²) in [5.41, 5.74) is 5.57. The number of nitrogens with one attached hydrogen (secondary N) is 1. The maximum atomic E-state index is 10.00. The molecule has 1 heterocycles. The maximum absolute atomic E-state index is 10.00. The van der Waals surface area contributed by atoms with Crippen molar-refractivity contribution in [1.29, 1.82) is 0 Å². The lowest BCUT2D eigenvalue weighted by atomic mass is 10.0. The number of carboxylic acids is 1. The number of imidazole rings is 1. The molecular weight excluding hydrogens is 400 g/mol. The maximum Gasteiger partial charge on any atom is 0.307 e. The van der Waals surface area contributed by atoms with Crippen LogP contribution in [0.25, 0.3) is 22.2 Å². The molecule has 0 amide bonds. The number of aromatic amines is 1. The van der Waals surface area contributed by atoms with Gasteiger partial charge in [-0.25, -0.2) is 4.98 Å². The molecule has 3 N–H and O–H groups in total. The van der Waals surface area contributed by atoms with Crippen LogP contribution in [0.3, 0.4) is 0 Å². The van der Waals surface area contributed by atoms with Gasteiger partial charge in [0.15, 0.2) is 0 Å². The summed E-state index contributed by atoms with van der Waals surface area (Å²) in [5, 5.41) is 17.9. The van der Waals surface area contributed by atoms with E-state index in [0.29, 0.717) is 0 Å². The van der Waals surface area contributed by atoms with Crippen molar-refractivity contribution in [1.82, 2.24) is 9.97 Å². The molecular formula is C24H25ClN2O3. The van der Waals surface area contributed by atoms with Gasteiger partial charge in [-0.3, -0.25) is 4.79 Å². The van der Waals surface area contributed by atoms with Gasteiger partial charge in [-0.05, 0) is 60.6 Å². The molecule has 5 nitrogen and oxygen atoms in total. The number of aliphatic carboxylic acids is 1. The van der Waals surface area contributed by atoms with E-state index in [1.54, 1.807) is 12.4 Å². The second-order valence-corrected chi connectivity index (χ2v) is 7.59. The first-order chi connectivity index (χ1) is 14.5. The van der Waals surface area contributed by atoms with E-state index in [0.717, 1.165) is 39.5 Å². The number of H-pyrrole nitrogens is 1. The Kier molecular flexibility index (Phi) is 7.31. The second-order valence-electron chi connectivity index (χ2n) is 7.19. The fourth-order valence-corrected chi connectivity index (χ4v) is 3.30. The number of aliphatic hydroxyl groups excluding tert-OH is 1. The molecule has 0 unspecified atom stereocenters. The smallest absolute Gasteiger partial charge is 0.307 e. The van der Waals surface area contributed by atoms with Crippen molar-refractivity contribution in [2.75, 3.05) is 0 Å². The van der Waals surface area contributed by atoms with Crippen molar-refractivity contribution in [2.24, 2.45) is 0 Å². The molecule has 0 bridgehead atoms. The monoisotopic (exact) mass is 424 g/mol. The van der Waals surface area contributed by atoms with E-state index in [2.05, 4.69) is 34.2 Å². The molecule has 30 heavy (non-hydrogen) atoms. The fraction of sp³-hybridized carbons (Fsp3) is 0.250. The Balaban J connectivity index is 0.000000202. The number of nitrogens with zero attached hydrogens (tertiary/aromatic N) is 1. The number of aromatic nitrogens is 2. The molecule has 0 spiro atoms. The van der Waals surface area contributed by atoms with Crippen molar-refractivity contribution in [3.63, 3.8) is 0 Å². The van der Waals surface area contributed by atoms with E-state index in [1.807, 2.05) is 19.1 Å². The first kappa shape index (κ1) is 21.7. The normalized spacial score (nSPS) is 14.0. The molecule has 1 aliphatic carbocycles. The topological polar surface area (TPSA) is 86.2 Å². The predicted octanol–water partition coefficient (Wildman–Crippen LogP) is 6.63. The van der Waals surface area contributed by atoms with Gasteiger partial charge in [-0.15, -0.1) is 0 Å². The molecule has 0 aliphatic heterocycles. The summed E-state index contributed by atoms with van der Waals surface area (Å²) < 4.78 is 0. The number of carbonyl (C=O) groups is 1. The fourth-order valence-electron chi connectivity index (χ4n) is 3.03. The minimum Gasteiger partial charge on any atom is -0.508 e. The lowest BCUT2D eigenvalue weighted by Gasteiger charge is -2.06. The Morgan fingerprint density at radius 3 is 2.60 bits per heavy atom. The van der Waals surface area contributed by atoms with E-state index < -0.39 is 5.97 Å². The molecule has 6 heteroatoms. The van der Waals surface area contributed by atoms with Crippen LogP contribution in [-0.4, -0.2) is 26.2 Å². The lowest BCUT2D eigenvalue weighted by molar-refractivity contribution is -0.136. The molecule has 0 atom stereocenters. The van der Waals surface area contributed by atoms with Gasteiger partial charge in [0, 0.05) is 5.56 Å². The number of rotatable bonds is 6. The minimum absolute atomic E-state index is 0.00856. The molecule has 4 rings (SSSR count). The molecule has 156 valence electrons. The van der Waals surface area contributed by atoms with Crippen LogP contribution in [-0.2, 0) is 4.79 Å². The first-order valence-electron chi connectivity index (χ1n) is 9.98. The average Bonchev–Trinajstić information content (AvgIpc) is 3.49. The highest BCUT2D eigenvalue weighted by molar-refractivity contribution is 6.34. The minimum atomic E-state index is -0.943. The van der Waals surface area contributed by atoms with Crippen LogP contribution >= 0.6 is 11.6 Å². The van der Waals surface area contributed by atoms with Crippen LogP contribution in [0.15, 0.2) is 66.7 Å². The number of benzene rings is 2. The number of allylic oxidation sites excluding steroid dienone is 2. The summed E-state index contributed by atoms with van der Waals surface area (Å²) >= 11 is 6.36. The zero-order valence-corrected chi connectivity index (χ0v) is 17.6. The van der Waals surface area contributed by atoms with Gasteiger partial charge in [-0.2, -0.15) is 0 Å². The lowest BCUT2D eigenvalue weighted by Crippen LogP contribution is -1.91. The van der Waals surface area contributed by atoms with Crippen molar-refractivity contribution < 1.29 is 15.0 Å². The molecule has 3 aromatic rings. The van der Waals surface area contributed by atoms with Gasteiger partial charge < -0.3 is 15.2 Å². The van der Waals surface area contributed by atoms with E-state index in [4.69, 9.17) is 21.8 Å². The van der Waals surface area contributed by atoms with Crippen molar-refractivity contribution >= 4 is 28.6 Å². The number of halogens is 1. The van der Waals surface area contributed by atoms with Gasteiger partial charge >= 0.3 is 5.97 Å². The number of aliphatic hydroxyl groups is 1. The summed E-state index contributed by atoms with van der Waals surface area (Å²) in [6, 6.07) is 12.7. The quantitative estimate of drug-likeness (QED) is 0.306. The second kappa shape index (κ2) is 10.1. The molecule has 1 fully saturated rings. The Hall–Kier alpha value is -3.05. The van der Waals surface area contributed by atoms with Gasteiger partial charge in [0.25, 0.3) is 0 Å².